The van der Waals surface area contributed by atoms with Crippen molar-refractivity contribution in [1.82, 2.24) is 5.43 Å². The quantitative estimate of drug-likeness (QED) is 0.487. The van der Waals surface area contributed by atoms with Crippen molar-refractivity contribution in [2.45, 2.75) is 11.8 Å². The number of sulfonamides is 1. The minimum absolute atomic E-state index is 0.0354. The molecule has 0 fully saturated rings. The predicted molar refractivity (Wildman–Crippen MR) is 89.5 cm³/mol. The van der Waals surface area contributed by atoms with Gasteiger partial charge < -0.3 is 0 Å². The maximum absolute atomic E-state index is 12.9. The van der Waals surface area contributed by atoms with Gasteiger partial charge in [-0.3, -0.25) is 14.5 Å². The molecule has 0 aliphatic heterocycles. The molecule has 0 aliphatic rings. The molecule has 0 aromatic heterocycles. The number of nitrogens with two attached hydrogens (primary N) is 1. The van der Waals surface area contributed by atoms with Crippen LogP contribution in [0.25, 0.3) is 0 Å². The number of halogens is 1. The summed E-state index contributed by atoms with van der Waals surface area (Å²) in [7, 11) is -3.93. The van der Waals surface area contributed by atoms with Crippen LogP contribution in [0.5, 0.6) is 0 Å². The first-order valence-electron chi connectivity index (χ1n) is 6.69. The number of anilines is 1. The van der Waals surface area contributed by atoms with Crippen LogP contribution in [0.4, 0.5) is 5.69 Å². The van der Waals surface area contributed by atoms with E-state index in [0.717, 1.165) is 9.87 Å². The number of amides is 1. The van der Waals surface area contributed by atoms with E-state index in [0.29, 0.717) is 10.7 Å². The normalized spacial score (nSPS) is 11.1. The third kappa shape index (κ3) is 4.01. The Morgan fingerprint density at radius 3 is 2.43 bits per heavy atom. The number of nitrogens with one attached hydrogen (secondary N) is 1. The molecule has 0 unspecified atom stereocenters. The molecule has 0 radical (unpaired) electrons. The van der Waals surface area contributed by atoms with E-state index in [1.807, 2.05) is 18.4 Å². The minimum atomic E-state index is -3.93. The van der Waals surface area contributed by atoms with E-state index in [4.69, 9.17) is 17.4 Å². The molecular formula is C15H16ClN3O3S. The number of hydrogen-bond acceptors (Lipinski definition) is 4. The Hall–Kier alpha value is -2.09. The number of aryl methyl sites for hydroxylation is 1. The molecule has 0 saturated carbocycles. The van der Waals surface area contributed by atoms with Gasteiger partial charge in [0.05, 0.1) is 10.6 Å². The lowest BCUT2D eigenvalue weighted by Gasteiger charge is -2.24. The van der Waals surface area contributed by atoms with E-state index in [2.05, 4.69) is 0 Å². The second kappa shape index (κ2) is 6.99. The SMILES string of the molecule is Cc1cccc(N(CC(=O)NN)S(=O)(=O)c2ccc(Cl)cc2)c1. The molecular weight excluding hydrogens is 338 g/mol. The molecule has 0 aliphatic carbocycles. The highest BCUT2D eigenvalue weighted by Gasteiger charge is 2.27. The highest BCUT2D eigenvalue weighted by atomic mass is 35.5. The molecule has 0 bridgehead atoms. The van der Waals surface area contributed by atoms with Gasteiger partial charge in [0, 0.05) is 5.02 Å². The smallest absolute Gasteiger partial charge is 0.264 e. The number of hydrogen-bond donors (Lipinski definition) is 2. The van der Waals surface area contributed by atoms with Crippen LogP contribution in [-0.4, -0.2) is 20.9 Å². The van der Waals surface area contributed by atoms with Gasteiger partial charge in [-0.1, -0.05) is 23.7 Å². The molecule has 2 aromatic carbocycles. The fourth-order valence-electron chi connectivity index (χ4n) is 2.01. The summed E-state index contributed by atoms with van der Waals surface area (Å²) in [5.74, 6) is 4.47. The molecule has 0 spiro atoms. The van der Waals surface area contributed by atoms with Gasteiger partial charge in [0.15, 0.2) is 0 Å². The van der Waals surface area contributed by atoms with Crippen molar-refractivity contribution < 1.29 is 13.2 Å². The van der Waals surface area contributed by atoms with Crippen molar-refractivity contribution in [3.8, 4) is 0 Å². The largest absolute Gasteiger partial charge is 0.293 e. The zero-order valence-electron chi connectivity index (χ0n) is 12.4. The highest BCUT2D eigenvalue weighted by molar-refractivity contribution is 7.92. The van der Waals surface area contributed by atoms with E-state index in [1.165, 1.54) is 24.3 Å². The number of hydrazine groups is 1. The van der Waals surface area contributed by atoms with Crippen LogP contribution >= 0.6 is 11.6 Å². The van der Waals surface area contributed by atoms with Crippen LogP contribution in [0, 0.1) is 6.92 Å². The van der Waals surface area contributed by atoms with Gasteiger partial charge in [-0.2, -0.15) is 0 Å². The van der Waals surface area contributed by atoms with Crippen molar-refractivity contribution in [2.24, 2.45) is 5.84 Å². The number of benzene rings is 2. The van der Waals surface area contributed by atoms with E-state index in [9.17, 15) is 13.2 Å². The molecule has 0 heterocycles. The molecule has 3 N–H and O–H groups in total. The number of carbonyl (C=O) groups is 1. The molecule has 0 saturated heterocycles. The summed E-state index contributed by atoms with van der Waals surface area (Å²) in [6.07, 6.45) is 0. The summed E-state index contributed by atoms with van der Waals surface area (Å²) >= 11 is 5.80. The Bertz CT molecular complexity index is 807. The summed E-state index contributed by atoms with van der Waals surface area (Å²) in [6.45, 7) is 1.41. The summed E-state index contributed by atoms with van der Waals surface area (Å²) in [5.41, 5.74) is 3.19. The van der Waals surface area contributed by atoms with Crippen LogP contribution in [0.2, 0.25) is 5.02 Å². The van der Waals surface area contributed by atoms with E-state index >= 15 is 0 Å². The minimum Gasteiger partial charge on any atom is -0.293 e. The third-order valence-electron chi connectivity index (χ3n) is 3.14. The average Bonchev–Trinajstić information content (AvgIpc) is 2.52. The zero-order chi connectivity index (χ0) is 17.0. The Labute approximate surface area is 139 Å². The molecule has 2 rings (SSSR count). The molecule has 6 nitrogen and oxygen atoms in total. The first-order chi connectivity index (χ1) is 10.8. The summed E-state index contributed by atoms with van der Waals surface area (Å²) in [4.78, 5) is 11.7. The fourth-order valence-corrected chi connectivity index (χ4v) is 3.55. The van der Waals surface area contributed by atoms with Crippen molar-refractivity contribution >= 4 is 33.2 Å². The first kappa shape index (κ1) is 17.3. The number of rotatable bonds is 5. The van der Waals surface area contributed by atoms with Crippen molar-refractivity contribution in [1.29, 1.82) is 0 Å². The second-order valence-corrected chi connectivity index (χ2v) is 7.17. The second-order valence-electron chi connectivity index (χ2n) is 4.87. The molecule has 1 amide bonds. The molecule has 0 atom stereocenters. The molecule has 8 heteroatoms. The van der Waals surface area contributed by atoms with Gasteiger partial charge in [0.25, 0.3) is 15.9 Å². The van der Waals surface area contributed by atoms with Crippen LogP contribution in [-0.2, 0) is 14.8 Å². The van der Waals surface area contributed by atoms with E-state index in [1.54, 1.807) is 18.2 Å². The van der Waals surface area contributed by atoms with Gasteiger partial charge >= 0.3 is 0 Å². The van der Waals surface area contributed by atoms with Crippen LogP contribution in [0.3, 0.4) is 0 Å². The number of carbonyl (C=O) groups excluding carboxylic acids is 1. The summed E-state index contributed by atoms with van der Waals surface area (Å²) in [6, 6.07) is 12.6. The van der Waals surface area contributed by atoms with Gasteiger partial charge in [-0.15, -0.1) is 0 Å². The Morgan fingerprint density at radius 2 is 1.87 bits per heavy atom. The lowest BCUT2D eigenvalue weighted by molar-refractivity contribution is -0.119. The van der Waals surface area contributed by atoms with Gasteiger partial charge in [-0.25, -0.2) is 14.3 Å². The van der Waals surface area contributed by atoms with E-state index in [-0.39, 0.29) is 4.90 Å². The van der Waals surface area contributed by atoms with Crippen LogP contribution in [0.15, 0.2) is 53.4 Å². The van der Waals surface area contributed by atoms with Crippen LogP contribution < -0.4 is 15.6 Å². The zero-order valence-corrected chi connectivity index (χ0v) is 13.9. The standard InChI is InChI=1S/C15H16ClN3O3S/c1-11-3-2-4-13(9-11)19(10-15(20)18-17)23(21,22)14-7-5-12(16)6-8-14/h2-9H,10,17H2,1H3,(H,18,20). The van der Waals surface area contributed by atoms with Crippen molar-refractivity contribution in [2.75, 3.05) is 10.8 Å². The van der Waals surface area contributed by atoms with Gasteiger partial charge in [-0.05, 0) is 48.9 Å². The topological polar surface area (TPSA) is 92.5 Å². The monoisotopic (exact) mass is 353 g/mol. The lowest BCUT2D eigenvalue weighted by Crippen LogP contribution is -2.43. The van der Waals surface area contributed by atoms with E-state index < -0.39 is 22.5 Å². The lowest BCUT2D eigenvalue weighted by atomic mass is 10.2. The van der Waals surface area contributed by atoms with Crippen molar-refractivity contribution in [3.05, 3.63) is 59.1 Å². The average molecular weight is 354 g/mol. The van der Waals surface area contributed by atoms with Gasteiger partial charge in [0.2, 0.25) is 0 Å². The fraction of sp³-hybridized carbons (Fsp3) is 0.133. The highest BCUT2D eigenvalue weighted by Crippen LogP contribution is 2.25. The number of nitrogens with zero attached hydrogens (tertiary/aromatic N) is 1. The summed E-state index contributed by atoms with van der Waals surface area (Å²) < 4.78 is 26.7. The summed E-state index contributed by atoms with van der Waals surface area (Å²) in [5, 5.41) is 0.422. The van der Waals surface area contributed by atoms with Gasteiger partial charge in [0.1, 0.15) is 6.54 Å². The third-order valence-corrected chi connectivity index (χ3v) is 5.18. The predicted octanol–water partition coefficient (Wildman–Crippen LogP) is 1.83. The van der Waals surface area contributed by atoms with Crippen molar-refractivity contribution in [3.63, 3.8) is 0 Å². The Kier molecular flexibility index (Phi) is 5.25. The maximum atomic E-state index is 12.9. The molecule has 2 aromatic rings. The van der Waals surface area contributed by atoms with Crippen LogP contribution in [0.1, 0.15) is 5.56 Å². The molecule has 122 valence electrons. The first-order valence-corrected chi connectivity index (χ1v) is 8.51. The maximum Gasteiger partial charge on any atom is 0.264 e. The molecule has 23 heavy (non-hydrogen) atoms. The Balaban J connectivity index is 2.51. The Morgan fingerprint density at radius 1 is 1.22 bits per heavy atom.